The minimum Gasteiger partial charge on any atom is -0.497 e. The molecule has 0 bridgehead atoms. The molecule has 176 valence electrons. The maximum atomic E-state index is 13.0. The Balaban J connectivity index is 1.60. The van der Waals surface area contributed by atoms with Crippen LogP contribution in [0, 0.1) is 6.92 Å². The highest BCUT2D eigenvalue weighted by atomic mass is 32.2. The number of nitrogens with zero attached hydrogens (tertiary/aromatic N) is 1. The van der Waals surface area contributed by atoms with Crippen LogP contribution in [0.3, 0.4) is 0 Å². The van der Waals surface area contributed by atoms with Crippen molar-refractivity contribution in [2.24, 2.45) is 0 Å². The Hall–Kier alpha value is -3.56. The predicted octanol–water partition coefficient (Wildman–Crippen LogP) is 5.30. The highest BCUT2D eigenvalue weighted by molar-refractivity contribution is 7.92. The third-order valence-electron chi connectivity index (χ3n) is 5.42. The largest absolute Gasteiger partial charge is 0.497 e. The number of thiophene rings is 1. The molecule has 1 heterocycles. The van der Waals surface area contributed by atoms with Gasteiger partial charge in [-0.25, -0.2) is 8.42 Å². The molecule has 4 rings (SSSR count). The molecule has 0 radical (unpaired) electrons. The lowest BCUT2D eigenvalue weighted by Crippen LogP contribution is -2.26. The maximum absolute atomic E-state index is 13.0. The molecule has 1 N–H and O–H groups in total. The van der Waals surface area contributed by atoms with E-state index in [0.717, 1.165) is 15.6 Å². The van der Waals surface area contributed by atoms with Gasteiger partial charge in [-0.05, 0) is 60.8 Å². The van der Waals surface area contributed by atoms with Crippen molar-refractivity contribution >= 4 is 48.7 Å². The summed E-state index contributed by atoms with van der Waals surface area (Å²) >= 11 is 1.33. The first-order chi connectivity index (χ1) is 16.2. The third kappa shape index (κ3) is 4.57. The molecule has 1 aromatic heterocycles. The van der Waals surface area contributed by atoms with Gasteiger partial charge < -0.3 is 14.8 Å². The van der Waals surface area contributed by atoms with Crippen LogP contribution in [0.1, 0.15) is 15.2 Å². The van der Waals surface area contributed by atoms with Crippen LogP contribution in [0.4, 0.5) is 11.4 Å². The summed E-state index contributed by atoms with van der Waals surface area (Å²) in [4.78, 5) is 13.6. The number of hydrogen-bond acceptors (Lipinski definition) is 6. The number of sulfonamides is 1. The molecule has 0 spiro atoms. The summed E-state index contributed by atoms with van der Waals surface area (Å²) in [7, 11) is 0.890. The fourth-order valence-corrected chi connectivity index (χ4v) is 5.56. The van der Waals surface area contributed by atoms with E-state index in [1.54, 1.807) is 67.8 Å². The van der Waals surface area contributed by atoms with Crippen LogP contribution in [-0.2, 0) is 10.0 Å². The smallest absolute Gasteiger partial charge is 0.265 e. The van der Waals surface area contributed by atoms with Crippen LogP contribution in [0.5, 0.6) is 11.5 Å². The summed E-state index contributed by atoms with van der Waals surface area (Å²) in [5, 5.41) is 3.64. The minimum absolute atomic E-state index is 0.222. The van der Waals surface area contributed by atoms with Crippen molar-refractivity contribution in [1.29, 1.82) is 0 Å². The molecule has 0 aliphatic carbocycles. The van der Waals surface area contributed by atoms with Gasteiger partial charge in [0.05, 0.1) is 35.4 Å². The average Bonchev–Trinajstić information content (AvgIpc) is 3.27. The summed E-state index contributed by atoms with van der Waals surface area (Å²) in [5.41, 5.74) is 2.02. The molecule has 0 aliphatic rings. The van der Waals surface area contributed by atoms with E-state index in [2.05, 4.69) is 5.32 Å². The van der Waals surface area contributed by atoms with Crippen molar-refractivity contribution < 1.29 is 22.7 Å². The molecule has 0 atom stereocenters. The lowest BCUT2D eigenvalue weighted by Gasteiger charge is -2.19. The zero-order valence-electron chi connectivity index (χ0n) is 19.2. The Kier molecular flexibility index (Phi) is 6.49. The standard InChI is InChI=1S/C25H24N2O5S2/c1-16-5-9-20(10-6-16)34(29,30)27(2)18-7-12-23-17(13-18)14-24(33-23)25(28)26-21-11-8-19(31-3)15-22(21)32-4/h5-15H,1-4H3,(H,26,28). The molecule has 0 saturated heterocycles. The van der Waals surface area contributed by atoms with Crippen LogP contribution in [-0.4, -0.2) is 35.6 Å². The lowest BCUT2D eigenvalue weighted by atomic mass is 10.2. The molecule has 3 aromatic carbocycles. The van der Waals surface area contributed by atoms with E-state index in [0.29, 0.717) is 27.8 Å². The second kappa shape index (κ2) is 9.36. The summed E-state index contributed by atoms with van der Waals surface area (Å²) in [6.07, 6.45) is 0. The van der Waals surface area contributed by atoms with Crippen LogP contribution < -0.4 is 19.1 Å². The Morgan fingerprint density at radius 3 is 2.35 bits per heavy atom. The van der Waals surface area contributed by atoms with Crippen molar-refractivity contribution in [3.63, 3.8) is 0 Å². The van der Waals surface area contributed by atoms with E-state index < -0.39 is 10.0 Å². The van der Waals surface area contributed by atoms with Gasteiger partial charge in [-0.15, -0.1) is 11.3 Å². The fourth-order valence-electron chi connectivity index (χ4n) is 3.43. The first-order valence-electron chi connectivity index (χ1n) is 10.4. The van der Waals surface area contributed by atoms with Crippen molar-refractivity contribution in [2.75, 3.05) is 30.9 Å². The van der Waals surface area contributed by atoms with Gasteiger partial charge >= 0.3 is 0 Å². The van der Waals surface area contributed by atoms with Crippen LogP contribution in [0.25, 0.3) is 10.1 Å². The van der Waals surface area contributed by atoms with E-state index in [4.69, 9.17) is 9.47 Å². The van der Waals surface area contributed by atoms with E-state index >= 15 is 0 Å². The van der Waals surface area contributed by atoms with E-state index in [1.807, 2.05) is 13.0 Å². The maximum Gasteiger partial charge on any atom is 0.265 e. The van der Waals surface area contributed by atoms with E-state index in [-0.39, 0.29) is 10.8 Å². The Labute approximate surface area is 202 Å². The number of carbonyl (C=O) groups excluding carboxylic acids is 1. The number of hydrogen-bond donors (Lipinski definition) is 1. The number of fused-ring (bicyclic) bond motifs is 1. The molecule has 0 fully saturated rings. The zero-order valence-corrected chi connectivity index (χ0v) is 20.8. The molecule has 0 aliphatic heterocycles. The Morgan fingerprint density at radius 1 is 0.941 bits per heavy atom. The van der Waals surface area contributed by atoms with Crippen LogP contribution >= 0.6 is 11.3 Å². The number of aryl methyl sites for hydroxylation is 1. The number of methoxy groups -OCH3 is 2. The first kappa shape index (κ1) is 23.6. The highest BCUT2D eigenvalue weighted by Gasteiger charge is 2.22. The second-order valence-corrected chi connectivity index (χ2v) is 10.7. The molecule has 9 heteroatoms. The number of rotatable bonds is 7. The monoisotopic (exact) mass is 496 g/mol. The van der Waals surface area contributed by atoms with Crippen molar-refractivity contribution in [1.82, 2.24) is 0 Å². The Morgan fingerprint density at radius 2 is 1.68 bits per heavy atom. The molecule has 34 heavy (non-hydrogen) atoms. The van der Waals surface area contributed by atoms with Gasteiger partial charge in [0, 0.05) is 17.8 Å². The Bertz CT molecular complexity index is 1460. The summed E-state index contributed by atoms with van der Waals surface area (Å²) < 4.78 is 38.7. The van der Waals surface area contributed by atoms with E-state index in [1.165, 1.54) is 29.8 Å². The number of ether oxygens (including phenoxy) is 2. The topological polar surface area (TPSA) is 84.9 Å². The molecule has 7 nitrogen and oxygen atoms in total. The molecular formula is C25H24N2O5S2. The summed E-state index contributed by atoms with van der Waals surface area (Å²) in [6, 6.07) is 18.9. The van der Waals surface area contributed by atoms with Crippen LogP contribution in [0.15, 0.2) is 71.6 Å². The normalized spacial score (nSPS) is 11.3. The molecular weight excluding hydrogens is 472 g/mol. The first-order valence-corrected chi connectivity index (χ1v) is 12.6. The second-order valence-electron chi connectivity index (χ2n) is 7.64. The minimum atomic E-state index is -3.71. The summed E-state index contributed by atoms with van der Waals surface area (Å²) in [6.45, 7) is 1.91. The predicted molar refractivity (Wildman–Crippen MR) is 136 cm³/mol. The van der Waals surface area contributed by atoms with Crippen LogP contribution in [0.2, 0.25) is 0 Å². The van der Waals surface area contributed by atoms with Gasteiger partial charge in [0.15, 0.2) is 0 Å². The quantitative estimate of drug-likeness (QED) is 0.375. The van der Waals surface area contributed by atoms with Gasteiger partial charge in [0.2, 0.25) is 0 Å². The number of benzene rings is 3. The lowest BCUT2D eigenvalue weighted by molar-refractivity contribution is 0.103. The highest BCUT2D eigenvalue weighted by Crippen LogP contribution is 2.33. The number of anilines is 2. The number of amides is 1. The van der Waals surface area contributed by atoms with Gasteiger partial charge in [0.25, 0.3) is 15.9 Å². The van der Waals surface area contributed by atoms with E-state index in [9.17, 15) is 13.2 Å². The number of carbonyl (C=O) groups is 1. The molecule has 1 amide bonds. The van der Waals surface area contributed by atoms with Gasteiger partial charge in [-0.1, -0.05) is 17.7 Å². The average molecular weight is 497 g/mol. The third-order valence-corrected chi connectivity index (χ3v) is 8.34. The number of nitrogens with one attached hydrogen (secondary N) is 1. The van der Waals surface area contributed by atoms with Gasteiger partial charge in [-0.2, -0.15) is 0 Å². The molecule has 0 saturated carbocycles. The van der Waals surface area contributed by atoms with Crippen molar-refractivity contribution in [2.45, 2.75) is 11.8 Å². The van der Waals surface area contributed by atoms with Gasteiger partial charge in [-0.3, -0.25) is 9.10 Å². The SMILES string of the molecule is COc1ccc(NC(=O)c2cc3cc(N(C)S(=O)(=O)c4ccc(C)cc4)ccc3s2)c(OC)c1. The van der Waals surface area contributed by atoms with Crippen molar-refractivity contribution in [3.8, 4) is 11.5 Å². The molecule has 4 aromatic rings. The fraction of sp³-hybridized carbons (Fsp3) is 0.160. The molecule has 0 unspecified atom stereocenters. The zero-order chi connectivity index (χ0) is 24.5. The van der Waals surface area contributed by atoms with Crippen molar-refractivity contribution in [3.05, 3.63) is 77.2 Å². The van der Waals surface area contributed by atoms with Gasteiger partial charge in [0.1, 0.15) is 11.5 Å². The summed E-state index contributed by atoms with van der Waals surface area (Å²) in [5.74, 6) is 0.819.